The number of carbonyl (C=O) groups is 2. The normalized spacial score (nSPS) is 14.6. The van der Waals surface area contributed by atoms with Crippen LogP contribution < -0.4 is 5.32 Å². The van der Waals surface area contributed by atoms with Crippen molar-refractivity contribution in [2.24, 2.45) is 5.92 Å². The molecule has 1 saturated heterocycles. The van der Waals surface area contributed by atoms with E-state index in [1.807, 2.05) is 0 Å². The summed E-state index contributed by atoms with van der Waals surface area (Å²) in [5, 5.41) is 13.2. The fourth-order valence-electron chi connectivity index (χ4n) is 3.65. The summed E-state index contributed by atoms with van der Waals surface area (Å²) >= 11 is 0. The van der Waals surface area contributed by atoms with Crippen molar-refractivity contribution in [3.05, 3.63) is 53.1 Å². The molecule has 0 atom stereocenters. The highest BCUT2D eigenvalue weighted by atomic mass is 16.3. The van der Waals surface area contributed by atoms with E-state index < -0.39 is 0 Å². The Balaban J connectivity index is 1.52. The van der Waals surface area contributed by atoms with Crippen molar-refractivity contribution >= 4 is 11.8 Å². The standard InChI is InChI=1S/C22H28N4O3/c1-3-5-19-18(13-23-14-25-19)21(28)24-12-16-8-10-26(11-9-16)22(29)17-7-4-6-15(2)20(17)27/h4,6-7,13-14,16,27H,3,5,8-12H2,1-2H3,(H,24,28). The zero-order valence-corrected chi connectivity index (χ0v) is 17.0. The molecule has 1 aliphatic heterocycles. The second-order valence-electron chi connectivity index (χ2n) is 7.55. The number of phenolic OH excluding ortho intramolecular Hbond substituents is 1. The Labute approximate surface area is 171 Å². The Bertz CT molecular complexity index is 876. The van der Waals surface area contributed by atoms with Crippen molar-refractivity contribution in [3.8, 4) is 5.75 Å². The molecule has 1 aromatic heterocycles. The first-order chi connectivity index (χ1) is 14.0. The Kier molecular flexibility index (Phi) is 6.80. The molecular weight excluding hydrogens is 368 g/mol. The number of carbonyl (C=O) groups excluding carboxylic acids is 2. The van der Waals surface area contributed by atoms with E-state index in [1.54, 1.807) is 36.2 Å². The van der Waals surface area contributed by atoms with Gasteiger partial charge in [0.2, 0.25) is 0 Å². The van der Waals surface area contributed by atoms with Crippen molar-refractivity contribution in [2.75, 3.05) is 19.6 Å². The highest BCUT2D eigenvalue weighted by molar-refractivity contribution is 5.97. The lowest BCUT2D eigenvalue weighted by molar-refractivity contribution is 0.0681. The Morgan fingerprint density at radius 3 is 2.72 bits per heavy atom. The average Bonchev–Trinajstić information content (AvgIpc) is 2.74. The van der Waals surface area contributed by atoms with Gasteiger partial charge in [0.05, 0.1) is 16.8 Å². The number of rotatable bonds is 6. The molecule has 2 heterocycles. The maximum atomic E-state index is 12.7. The van der Waals surface area contributed by atoms with Crippen LogP contribution in [0.5, 0.6) is 5.75 Å². The van der Waals surface area contributed by atoms with E-state index in [1.165, 1.54) is 6.33 Å². The largest absolute Gasteiger partial charge is 0.507 e. The van der Waals surface area contributed by atoms with Crippen molar-refractivity contribution in [1.82, 2.24) is 20.2 Å². The minimum atomic E-state index is -0.141. The molecule has 0 unspecified atom stereocenters. The molecule has 154 valence electrons. The minimum Gasteiger partial charge on any atom is -0.507 e. The number of phenols is 1. The smallest absolute Gasteiger partial charge is 0.257 e. The number of aromatic nitrogens is 2. The van der Waals surface area contributed by atoms with E-state index in [-0.39, 0.29) is 17.6 Å². The summed E-state index contributed by atoms with van der Waals surface area (Å²) in [6, 6.07) is 5.22. The quantitative estimate of drug-likeness (QED) is 0.783. The number of hydrogen-bond acceptors (Lipinski definition) is 5. The molecule has 1 aromatic carbocycles. The molecule has 2 amide bonds. The van der Waals surface area contributed by atoms with Gasteiger partial charge in [-0.2, -0.15) is 0 Å². The summed E-state index contributed by atoms with van der Waals surface area (Å²) in [6.07, 6.45) is 6.33. The SMILES string of the molecule is CCCc1ncncc1C(=O)NCC1CCN(C(=O)c2cccc(C)c2O)CC1. The second kappa shape index (κ2) is 9.49. The number of nitrogens with zero attached hydrogens (tertiary/aromatic N) is 3. The summed E-state index contributed by atoms with van der Waals surface area (Å²) in [5.74, 6) is 0.0878. The Morgan fingerprint density at radius 1 is 1.24 bits per heavy atom. The lowest BCUT2D eigenvalue weighted by Gasteiger charge is -2.32. The van der Waals surface area contributed by atoms with Crippen LogP contribution in [0.2, 0.25) is 0 Å². The summed E-state index contributed by atoms with van der Waals surface area (Å²) < 4.78 is 0. The molecule has 0 saturated carbocycles. The van der Waals surface area contributed by atoms with Gasteiger partial charge in [0.15, 0.2) is 0 Å². The number of hydrogen-bond donors (Lipinski definition) is 2. The minimum absolute atomic E-state index is 0.0554. The zero-order valence-electron chi connectivity index (χ0n) is 17.0. The number of amides is 2. The van der Waals surface area contributed by atoms with Gasteiger partial charge < -0.3 is 15.3 Å². The molecule has 0 spiro atoms. The number of piperidine rings is 1. The molecule has 1 fully saturated rings. The van der Waals surface area contributed by atoms with Crippen molar-refractivity contribution < 1.29 is 14.7 Å². The van der Waals surface area contributed by atoms with Gasteiger partial charge in [-0.05, 0) is 43.7 Å². The molecule has 2 N–H and O–H groups in total. The molecular formula is C22H28N4O3. The topological polar surface area (TPSA) is 95.4 Å². The van der Waals surface area contributed by atoms with Crippen LogP contribution in [0.25, 0.3) is 0 Å². The first kappa shape index (κ1) is 20.8. The third kappa shape index (κ3) is 4.91. The number of aromatic hydroxyl groups is 1. The molecule has 7 nitrogen and oxygen atoms in total. The van der Waals surface area contributed by atoms with Crippen LogP contribution >= 0.6 is 0 Å². The first-order valence-corrected chi connectivity index (χ1v) is 10.2. The van der Waals surface area contributed by atoms with E-state index in [2.05, 4.69) is 22.2 Å². The van der Waals surface area contributed by atoms with Gasteiger partial charge in [0.25, 0.3) is 11.8 Å². The van der Waals surface area contributed by atoms with Crippen LogP contribution in [0.1, 0.15) is 58.2 Å². The Morgan fingerprint density at radius 2 is 2.00 bits per heavy atom. The molecule has 0 radical (unpaired) electrons. The summed E-state index contributed by atoms with van der Waals surface area (Å²) in [6.45, 7) is 5.63. The summed E-state index contributed by atoms with van der Waals surface area (Å²) in [4.78, 5) is 35.2. The molecule has 0 aliphatic carbocycles. The van der Waals surface area contributed by atoms with Gasteiger partial charge in [-0.25, -0.2) is 9.97 Å². The van der Waals surface area contributed by atoms with Crippen molar-refractivity contribution in [3.63, 3.8) is 0 Å². The van der Waals surface area contributed by atoms with Gasteiger partial charge in [-0.3, -0.25) is 9.59 Å². The van der Waals surface area contributed by atoms with E-state index in [9.17, 15) is 14.7 Å². The van der Waals surface area contributed by atoms with Crippen molar-refractivity contribution in [2.45, 2.75) is 39.5 Å². The van der Waals surface area contributed by atoms with Gasteiger partial charge in [-0.1, -0.05) is 25.5 Å². The fraction of sp³-hybridized carbons (Fsp3) is 0.455. The molecule has 2 aromatic rings. The second-order valence-corrected chi connectivity index (χ2v) is 7.55. The molecule has 7 heteroatoms. The maximum Gasteiger partial charge on any atom is 0.257 e. The van der Waals surface area contributed by atoms with Crippen molar-refractivity contribution in [1.29, 1.82) is 0 Å². The monoisotopic (exact) mass is 396 g/mol. The zero-order chi connectivity index (χ0) is 20.8. The average molecular weight is 396 g/mol. The molecule has 29 heavy (non-hydrogen) atoms. The van der Waals surface area contributed by atoms with Crippen LogP contribution in [0.4, 0.5) is 0 Å². The number of aryl methyl sites for hydroxylation is 2. The van der Waals surface area contributed by atoms with E-state index >= 15 is 0 Å². The van der Waals surface area contributed by atoms with Crippen LogP contribution in [0, 0.1) is 12.8 Å². The highest BCUT2D eigenvalue weighted by Gasteiger charge is 2.26. The van der Waals surface area contributed by atoms with Gasteiger partial charge in [-0.15, -0.1) is 0 Å². The fourth-order valence-corrected chi connectivity index (χ4v) is 3.65. The number of likely N-dealkylation sites (tertiary alicyclic amines) is 1. The van der Waals surface area contributed by atoms with E-state index in [4.69, 9.17) is 0 Å². The van der Waals surface area contributed by atoms with Gasteiger partial charge >= 0.3 is 0 Å². The number of nitrogens with one attached hydrogen (secondary N) is 1. The molecule has 0 bridgehead atoms. The lowest BCUT2D eigenvalue weighted by Crippen LogP contribution is -2.41. The highest BCUT2D eigenvalue weighted by Crippen LogP contribution is 2.25. The van der Waals surface area contributed by atoms with E-state index in [0.717, 1.165) is 31.4 Å². The third-order valence-corrected chi connectivity index (χ3v) is 5.45. The van der Waals surface area contributed by atoms with E-state index in [0.29, 0.717) is 42.2 Å². The lowest BCUT2D eigenvalue weighted by atomic mass is 9.95. The summed E-state index contributed by atoms with van der Waals surface area (Å²) in [7, 11) is 0. The van der Waals surface area contributed by atoms with Crippen LogP contribution in [-0.4, -0.2) is 51.4 Å². The van der Waals surface area contributed by atoms with Crippen LogP contribution in [0.3, 0.4) is 0 Å². The predicted molar refractivity (Wildman–Crippen MR) is 110 cm³/mol. The Hall–Kier alpha value is -2.96. The number of benzene rings is 1. The first-order valence-electron chi connectivity index (χ1n) is 10.2. The predicted octanol–water partition coefficient (Wildman–Crippen LogP) is 2.73. The number of para-hydroxylation sites is 1. The van der Waals surface area contributed by atoms with Gasteiger partial charge in [0.1, 0.15) is 12.1 Å². The summed E-state index contributed by atoms with van der Waals surface area (Å²) in [5.41, 5.74) is 2.36. The van der Waals surface area contributed by atoms with Gasteiger partial charge in [0, 0.05) is 25.8 Å². The molecule has 3 rings (SSSR count). The molecule has 1 aliphatic rings. The van der Waals surface area contributed by atoms with Crippen LogP contribution in [-0.2, 0) is 6.42 Å². The maximum absolute atomic E-state index is 12.7. The third-order valence-electron chi connectivity index (χ3n) is 5.45. The van der Waals surface area contributed by atoms with Crippen LogP contribution in [0.15, 0.2) is 30.7 Å².